The number of aliphatic hydroxyl groups is 2. The molecule has 11 heteroatoms. The first-order chi connectivity index (χ1) is 10.9. The van der Waals surface area contributed by atoms with Crippen LogP contribution < -0.4 is 16.8 Å². The molecule has 0 unspecified atom stereocenters. The topological polar surface area (TPSA) is 174 Å². The third-order valence-electron chi connectivity index (χ3n) is 3.59. The molecule has 0 aromatic carbocycles. The Morgan fingerprint density at radius 1 is 1.39 bits per heavy atom. The van der Waals surface area contributed by atoms with Crippen LogP contribution in [-0.4, -0.2) is 60.5 Å². The van der Waals surface area contributed by atoms with Crippen LogP contribution in [0, 0.1) is 0 Å². The first-order valence-electron chi connectivity index (χ1n) is 6.98. The predicted molar refractivity (Wildman–Crippen MR) is 78.8 cm³/mol. The standard InChI is InChI=1S/C12H17N7O4/c1-2-15-10(22)7-5(20)6(21)11(23-7)19-3-16-4-8(13)17-12(14)18-9(4)19/h3,5-7,11,20-21H,2H2,1H3,(H,15,22)(H4,13,14,17,18)/t5-,6+,7-,11+/m0/s1. The van der Waals surface area contributed by atoms with Crippen molar-refractivity contribution in [2.75, 3.05) is 18.0 Å². The van der Waals surface area contributed by atoms with Gasteiger partial charge in [0.05, 0.1) is 6.33 Å². The third kappa shape index (κ3) is 2.44. The van der Waals surface area contributed by atoms with E-state index in [1.807, 2.05) is 0 Å². The van der Waals surface area contributed by atoms with Crippen LogP contribution in [0.4, 0.5) is 11.8 Å². The molecule has 0 aliphatic carbocycles. The molecule has 124 valence electrons. The number of nitrogens with zero attached hydrogens (tertiary/aromatic N) is 4. The van der Waals surface area contributed by atoms with Crippen molar-refractivity contribution < 1.29 is 19.7 Å². The number of anilines is 2. The van der Waals surface area contributed by atoms with Crippen molar-refractivity contribution in [2.24, 2.45) is 0 Å². The first kappa shape index (κ1) is 15.4. The fourth-order valence-electron chi connectivity index (χ4n) is 2.52. The number of hydrogen-bond donors (Lipinski definition) is 5. The van der Waals surface area contributed by atoms with Gasteiger partial charge in [0, 0.05) is 6.54 Å². The Balaban J connectivity index is 1.98. The van der Waals surface area contributed by atoms with E-state index in [2.05, 4.69) is 20.3 Å². The number of nitrogens with two attached hydrogens (primary N) is 2. The number of nitrogens with one attached hydrogen (secondary N) is 1. The van der Waals surface area contributed by atoms with E-state index in [4.69, 9.17) is 16.2 Å². The van der Waals surface area contributed by atoms with Gasteiger partial charge in [-0.2, -0.15) is 9.97 Å². The Labute approximate surface area is 130 Å². The number of amides is 1. The molecule has 1 saturated heterocycles. The largest absolute Gasteiger partial charge is 0.387 e. The first-order valence-corrected chi connectivity index (χ1v) is 6.98. The molecule has 1 fully saturated rings. The SMILES string of the molecule is CCNC(=O)[C@H]1O[C@@H](n2cnc3c(N)nc(N)nc32)[C@H](O)[C@@H]1O. The minimum absolute atomic E-state index is 0.0648. The highest BCUT2D eigenvalue weighted by atomic mass is 16.6. The van der Waals surface area contributed by atoms with Crippen molar-refractivity contribution in [1.82, 2.24) is 24.8 Å². The Morgan fingerprint density at radius 3 is 2.83 bits per heavy atom. The number of carbonyl (C=O) groups is 1. The molecule has 0 saturated carbocycles. The van der Waals surface area contributed by atoms with Crippen LogP contribution in [0.15, 0.2) is 6.33 Å². The van der Waals surface area contributed by atoms with Gasteiger partial charge in [-0.15, -0.1) is 0 Å². The van der Waals surface area contributed by atoms with E-state index in [1.165, 1.54) is 10.9 Å². The fourth-order valence-corrected chi connectivity index (χ4v) is 2.52. The Hall–Kier alpha value is -2.50. The van der Waals surface area contributed by atoms with E-state index >= 15 is 0 Å². The predicted octanol–water partition coefficient (Wildman–Crippen LogP) is -2.25. The highest BCUT2D eigenvalue weighted by Gasteiger charge is 2.47. The van der Waals surface area contributed by atoms with Crippen LogP contribution >= 0.6 is 0 Å². The van der Waals surface area contributed by atoms with Crippen LogP contribution in [0.25, 0.3) is 11.2 Å². The maximum atomic E-state index is 11.9. The van der Waals surface area contributed by atoms with Gasteiger partial charge in [-0.1, -0.05) is 0 Å². The van der Waals surface area contributed by atoms with Gasteiger partial charge in [-0.3, -0.25) is 9.36 Å². The van der Waals surface area contributed by atoms with Crippen LogP contribution in [0.5, 0.6) is 0 Å². The number of aliphatic hydroxyl groups excluding tert-OH is 2. The van der Waals surface area contributed by atoms with Gasteiger partial charge in [0.15, 0.2) is 23.8 Å². The second-order valence-corrected chi connectivity index (χ2v) is 5.11. The molecule has 1 aliphatic rings. The molecule has 2 aromatic rings. The highest BCUT2D eigenvalue weighted by Crippen LogP contribution is 2.32. The van der Waals surface area contributed by atoms with Crippen LogP contribution in [0.1, 0.15) is 13.2 Å². The van der Waals surface area contributed by atoms with Crippen molar-refractivity contribution in [3.63, 3.8) is 0 Å². The monoisotopic (exact) mass is 323 g/mol. The Morgan fingerprint density at radius 2 is 2.13 bits per heavy atom. The number of aromatic nitrogens is 4. The number of imidazole rings is 1. The zero-order valence-corrected chi connectivity index (χ0v) is 12.2. The number of carbonyl (C=O) groups excluding carboxylic acids is 1. The number of likely N-dealkylation sites (N-methyl/N-ethyl adjacent to an activating group) is 1. The number of nitrogen functional groups attached to an aromatic ring is 2. The molecule has 7 N–H and O–H groups in total. The molecule has 0 radical (unpaired) electrons. The molecule has 4 atom stereocenters. The minimum Gasteiger partial charge on any atom is -0.387 e. The van der Waals surface area contributed by atoms with E-state index in [0.717, 1.165) is 0 Å². The van der Waals surface area contributed by atoms with Gasteiger partial charge in [-0.25, -0.2) is 4.98 Å². The molecule has 3 heterocycles. The quantitative estimate of drug-likeness (QED) is 0.417. The molecule has 1 amide bonds. The second kappa shape index (κ2) is 5.61. The molecule has 0 spiro atoms. The maximum Gasteiger partial charge on any atom is 0.252 e. The van der Waals surface area contributed by atoms with Crippen molar-refractivity contribution in [3.05, 3.63) is 6.33 Å². The number of rotatable bonds is 3. The van der Waals surface area contributed by atoms with E-state index < -0.39 is 30.4 Å². The Kier molecular flexibility index (Phi) is 3.75. The van der Waals surface area contributed by atoms with Crippen molar-refractivity contribution >= 4 is 28.8 Å². The molecule has 23 heavy (non-hydrogen) atoms. The average molecular weight is 323 g/mol. The summed E-state index contributed by atoms with van der Waals surface area (Å²) in [7, 11) is 0. The minimum atomic E-state index is -1.39. The van der Waals surface area contributed by atoms with E-state index in [-0.39, 0.29) is 22.9 Å². The van der Waals surface area contributed by atoms with E-state index in [1.54, 1.807) is 6.92 Å². The maximum absolute atomic E-state index is 11.9. The molecular formula is C12H17N7O4. The van der Waals surface area contributed by atoms with Crippen LogP contribution in [0.2, 0.25) is 0 Å². The number of ether oxygens (including phenoxy) is 1. The lowest BCUT2D eigenvalue weighted by Gasteiger charge is -2.16. The second-order valence-electron chi connectivity index (χ2n) is 5.11. The molecule has 1 aliphatic heterocycles. The number of hydrogen-bond acceptors (Lipinski definition) is 9. The lowest BCUT2D eigenvalue weighted by molar-refractivity contribution is -0.137. The Bertz CT molecular complexity index is 748. The summed E-state index contributed by atoms with van der Waals surface area (Å²) >= 11 is 0. The molecule has 11 nitrogen and oxygen atoms in total. The molecule has 3 rings (SSSR count). The zero-order valence-electron chi connectivity index (χ0n) is 12.2. The summed E-state index contributed by atoms with van der Waals surface area (Å²) in [5.41, 5.74) is 11.8. The summed E-state index contributed by atoms with van der Waals surface area (Å²) in [6.45, 7) is 2.11. The third-order valence-corrected chi connectivity index (χ3v) is 3.59. The van der Waals surface area contributed by atoms with Crippen molar-refractivity contribution in [2.45, 2.75) is 31.5 Å². The molecule has 0 bridgehead atoms. The van der Waals surface area contributed by atoms with Gasteiger partial charge in [0.2, 0.25) is 5.95 Å². The van der Waals surface area contributed by atoms with Crippen LogP contribution in [0.3, 0.4) is 0 Å². The molecular weight excluding hydrogens is 306 g/mol. The van der Waals surface area contributed by atoms with Gasteiger partial charge in [-0.05, 0) is 6.92 Å². The summed E-state index contributed by atoms with van der Waals surface area (Å²) in [5.74, 6) is -0.496. The van der Waals surface area contributed by atoms with Crippen molar-refractivity contribution in [3.8, 4) is 0 Å². The lowest BCUT2D eigenvalue weighted by Crippen LogP contribution is -2.42. The van der Waals surface area contributed by atoms with Crippen LogP contribution in [-0.2, 0) is 9.53 Å². The van der Waals surface area contributed by atoms with E-state index in [9.17, 15) is 15.0 Å². The lowest BCUT2D eigenvalue weighted by atomic mass is 10.1. The van der Waals surface area contributed by atoms with Gasteiger partial charge < -0.3 is 31.7 Å². The summed E-state index contributed by atoms with van der Waals surface area (Å²) < 4.78 is 6.86. The summed E-state index contributed by atoms with van der Waals surface area (Å²) in [4.78, 5) is 23.8. The summed E-state index contributed by atoms with van der Waals surface area (Å²) in [5, 5.41) is 22.8. The number of fused-ring (bicyclic) bond motifs is 1. The fraction of sp³-hybridized carbons (Fsp3) is 0.500. The van der Waals surface area contributed by atoms with E-state index in [0.29, 0.717) is 6.54 Å². The van der Waals surface area contributed by atoms with Gasteiger partial charge in [0.1, 0.15) is 17.7 Å². The normalized spacial score (nSPS) is 27.4. The van der Waals surface area contributed by atoms with Crippen molar-refractivity contribution in [1.29, 1.82) is 0 Å². The van der Waals surface area contributed by atoms with Gasteiger partial charge >= 0.3 is 0 Å². The zero-order chi connectivity index (χ0) is 16.7. The average Bonchev–Trinajstić information content (AvgIpc) is 3.02. The molecule has 2 aromatic heterocycles. The van der Waals surface area contributed by atoms with Gasteiger partial charge in [0.25, 0.3) is 5.91 Å². The smallest absolute Gasteiger partial charge is 0.252 e. The highest BCUT2D eigenvalue weighted by molar-refractivity contribution is 5.83. The summed E-state index contributed by atoms with van der Waals surface area (Å²) in [6, 6.07) is 0. The summed E-state index contributed by atoms with van der Waals surface area (Å²) in [6.07, 6.45) is -3.67.